The van der Waals surface area contributed by atoms with E-state index < -0.39 is 0 Å². The molecule has 3 N–H and O–H groups in total. The Morgan fingerprint density at radius 1 is 1.43 bits per heavy atom. The van der Waals surface area contributed by atoms with E-state index in [0.29, 0.717) is 5.56 Å². The van der Waals surface area contributed by atoms with Gasteiger partial charge in [-0.05, 0) is 42.3 Å². The first-order valence-corrected chi connectivity index (χ1v) is 7.99. The number of fused-ring (bicyclic) bond motifs is 1. The van der Waals surface area contributed by atoms with Crippen LogP contribution in [0.2, 0.25) is 0 Å². The summed E-state index contributed by atoms with van der Waals surface area (Å²) in [6.45, 7) is 0. The van der Waals surface area contributed by atoms with Crippen LogP contribution in [0.15, 0.2) is 29.6 Å². The van der Waals surface area contributed by atoms with Crippen LogP contribution in [0.25, 0.3) is 0 Å². The summed E-state index contributed by atoms with van der Waals surface area (Å²) in [5.74, 6) is 5.90. The number of thiophene rings is 1. The number of halogens is 1. The Morgan fingerprint density at radius 3 is 3.05 bits per heavy atom. The number of benzene rings is 1. The number of aryl methyl sites for hydroxylation is 1. The Morgan fingerprint density at radius 2 is 2.29 bits per heavy atom. The van der Waals surface area contributed by atoms with Gasteiger partial charge in [-0.1, -0.05) is 12.1 Å². The first-order valence-electron chi connectivity index (χ1n) is 7.11. The van der Waals surface area contributed by atoms with E-state index >= 15 is 0 Å². The molecule has 5 heteroatoms. The second-order valence-electron chi connectivity index (χ2n) is 5.31. The van der Waals surface area contributed by atoms with Crippen LogP contribution in [0.4, 0.5) is 4.39 Å². The summed E-state index contributed by atoms with van der Waals surface area (Å²) in [4.78, 5) is 1.40. The topological polar surface area (TPSA) is 47.3 Å². The van der Waals surface area contributed by atoms with E-state index in [1.54, 1.807) is 29.5 Å². The number of rotatable bonds is 4. The second-order valence-corrected chi connectivity index (χ2v) is 6.31. The van der Waals surface area contributed by atoms with E-state index in [2.05, 4.69) is 16.9 Å². The Labute approximate surface area is 127 Å². The minimum absolute atomic E-state index is 0.201. The van der Waals surface area contributed by atoms with E-state index in [1.165, 1.54) is 17.6 Å². The first-order chi connectivity index (χ1) is 10.3. The van der Waals surface area contributed by atoms with Crippen molar-refractivity contribution in [1.29, 1.82) is 0 Å². The van der Waals surface area contributed by atoms with Crippen LogP contribution in [0.1, 0.15) is 40.8 Å². The van der Waals surface area contributed by atoms with Crippen molar-refractivity contribution in [2.75, 3.05) is 7.11 Å². The highest BCUT2D eigenvalue weighted by molar-refractivity contribution is 7.10. The Kier molecular flexibility index (Phi) is 4.24. The predicted molar refractivity (Wildman–Crippen MR) is 83.0 cm³/mol. The summed E-state index contributed by atoms with van der Waals surface area (Å²) in [6, 6.07) is 7.12. The van der Waals surface area contributed by atoms with Crippen LogP contribution in [0, 0.1) is 5.82 Å². The average Bonchev–Trinajstić information content (AvgIpc) is 2.99. The summed E-state index contributed by atoms with van der Waals surface area (Å²) < 4.78 is 19.6. The van der Waals surface area contributed by atoms with Crippen LogP contribution < -0.4 is 16.0 Å². The van der Waals surface area contributed by atoms with Crippen LogP contribution >= 0.6 is 11.3 Å². The third-order valence-electron chi connectivity index (χ3n) is 4.23. The molecule has 0 saturated heterocycles. The number of hydrazine groups is 1. The third kappa shape index (κ3) is 2.57. The standard InChI is InChI=1S/C16H19FN2OS/c1-20-13-6-2-5-12(15(13)17)16(19-18)11-4-3-7-14-10(11)8-9-21-14/h2,5-6,8-9,11,16,19H,3-4,7,18H2,1H3. The number of ether oxygens (including phenoxy) is 1. The van der Waals surface area contributed by atoms with E-state index in [1.807, 2.05) is 0 Å². The summed E-state index contributed by atoms with van der Waals surface area (Å²) >= 11 is 1.78. The maximum absolute atomic E-state index is 14.5. The monoisotopic (exact) mass is 306 g/mol. The molecule has 0 bridgehead atoms. The zero-order valence-electron chi connectivity index (χ0n) is 11.9. The molecule has 2 atom stereocenters. The van der Waals surface area contributed by atoms with Gasteiger partial charge >= 0.3 is 0 Å². The lowest BCUT2D eigenvalue weighted by Gasteiger charge is -2.31. The molecule has 0 spiro atoms. The lowest BCUT2D eigenvalue weighted by atomic mass is 9.80. The van der Waals surface area contributed by atoms with Gasteiger partial charge in [0.15, 0.2) is 11.6 Å². The molecule has 2 unspecified atom stereocenters. The molecule has 112 valence electrons. The van der Waals surface area contributed by atoms with Gasteiger partial charge in [0, 0.05) is 16.4 Å². The number of hydrogen-bond donors (Lipinski definition) is 2. The van der Waals surface area contributed by atoms with Gasteiger partial charge in [-0.2, -0.15) is 0 Å². The molecular weight excluding hydrogens is 287 g/mol. The quantitative estimate of drug-likeness (QED) is 0.671. The van der Waals surface area contributed by atoms with Gasteiger partial charge in [-0.25, -0.2) is 4.39 Å². The van der Waals surface area contributed by atoms with Gasteiger partial charge in [0.2, 0.25) is 0 Å². The molecule has 0 amide bonds. The minimum Gasteiger partial charge on any atom is -0.494 e. The highest BCUT2D eigenvalue weighted by atomic mass is 32.1. The van der Waals surface area contributed by atoms with Crippen LogP contribution in [-0.2, 0) is 6.42 Å². The highest BCUT2D eigenvalue weighted by Crippen LogP contribution is 2.43. The molecule has 3 nitrogen and oxygen atoms in total. The van der Waals surface area contributed by atoms with Gasteiger partial charge in [-0.3, -0.25) is 11.3 Å². The zero-order valence-corrected chi connectivity index (χ0v) is 12.8. The van der Waals surface area contributed by atoms with Gasteiger partial charge in [0.25, 0.3) is 0 Å². The number of hydrogen-bond acceptors (Lipinski definition) is 4. The molecule has 1 aliphatic carbocycles. The first kappa shape index (κ1) is 14.5. The Hall–Kier alpha value is -1.43. The van der Waals surface area contributed by atoms with Crippen molar-refractivity contribution in [2.45, 2.75) is 31.2 Å². The van der Waals surface area contributed by atoms with Crippen LogP contribution in [0.5, 0.6) is 5.75 Å². The number of methoxy groups -OCH3 is 1. The molecule has 0 fully saturated rings. The fraction of sp³-hybridized carbons (Fsp3) is 0.375. The van der Waals surface area contributed by atoms with E-state index in [0.717, 1.165) is 19.3 Å². The molecule has 2 aromatic rings. The molecular formula is C16H19FN2OS. The SMILES string of the molecule is COc1cccc(C(NN)C2CCCc3sccc32)c1F. The minimum atomic E-state index is -0.328. The summed E-state index contributed by atoms with van der Waals surface area (Å²) in [5, 5.41) is 2.11. The maximum atomic E-state index is 14.5. The fourth-order valence-electron chi connectivity index (χ4n) is 3.22. The highest BCUT2D eigenvalue weighted by Gasteiger charge is 2.31. The number of nitrogens with two attached hydrogens (primary N) is 1. The Bertz CT molecular complexity index is 628. The van der Waals surface area contributed by atoms with Crippen molar-refractivity contribution >= 4 is 11.3 Å². The van der Waals surface area contributed by atoms with Crippen molar-refractivity contribution in [2.24, 2.45) is 5.84 Å². The average molecular weight is 306 g/mol. The van der Waals surface area contributed by atoms with Crippen molar-refractivity contribution in [1.82, 2.24) is 5.43 Å². The molecule has 0 radical (unpaired) electrons. The van der Waals surface area contributed by atoms with Crippen molar-refractivity contribution in [3.05, 3.63) is 51.5 Å². The van der Waals surface area contributed by atoms with Crippen LogP contribution in [0.3, 0.4) is 0 Å². The lowest BCUT2D eigenvalue weighted by molar-refractivity contribution is 0.365. The summed E-state index contributed by atoms with van der Waals surface area (Å²) in [7, 11) is 1.48. The van der Waals surface area contributed by atoms with Gasteiger partial charge < -0.3 is 4.74 Å². The number of nitrogens with one attached hydrogen (secondary N) is 1. The smallest absolute Gasteiger partial charge is 0.169 e. The second kappa shape index (κ2) is 6.13. The molecule has 1 aromatic carbocycles. The van der Waals surface area contributed by atoms with Crippen molar-refractivity contribution in [3.8, 4) is 5.75 Å². The third-order valence-corrected chi connectivity index (χ3v) is 5.22. The fourth-order valence-corrected chi connectivity index (χ4v) is 4.21. The molecule has 3 rings (SSSR count). The summed E-state index contributed by atoms with van der Waals surface area (Å²) in [5.41, 5.74) is 4.69. The van der Waals surface area contributed by atoms with E-state index in [-0.39, 0.29) is 23.5 Å². The van der Waals surface area contributed by atoms with Crippen molar-refractivity contribution in [3.63, 3.8) is 0 Å². The largest absolute Gasteiger partial charge is 0.494 e. The van der Waals surface area contributed by atoms with E-state index in [4.69, 9.17) is 10.6 Å². The molecule has 0 saturated carbocycles. The molecule has 1 aliphatic rings. The molecule has 1 heterocycles. The van der Waals surface area contributed by atoms with Gasteiger partial charge in [0.1, 0.15) is 0 Å². The van der Waals surface area contributed by atoms with Crippen LogP contribution in [-0.4, -0.2) is 7.11 Å². The predicted octanol–water partition coefficient (Wildman–Crippen LogP) is 3.52. The van der Waals surface area contributed by atoms with Gasteiger partial charge in [0.05, 0.1) is 13.2 Å². The van der Waals surface area contributed by atoms with Gasteiger partial charge in [-0.15, -0.1) is 11.3 Å². The molecule has 0 aliphatic heterocycles. The van der Waals surface area contributed by atoms with E-state index in [9.17, 15) is 4.39 Å². The normalized spacial score (nSPS) is 19.1. The summed E-state index contributed by atoms with van der Waals surface area (Å²) in [6.07, 6.45) is 3.23. The maximum Gasteiger partial charge on any atom is 0.169 e. The lowest BCUT2D eigenvalue weighted by Crippen LogP contribution is -2.34. The zero-order chi connectivity index (χ0) is 14.8. The molecule has 21 heavy (non-hydrogen) atoms. The molecule has 1 aromatic heterocycles. The van der Waals surface area contributed by atoms with Crippen molar-refractivity contribution < 1.29 is 9.13 Å². The Balaban J connectivity index is 2.01.